The van der Waals surface area contributed by atoms with E-state index in [1.807, 2.05) is 0 Å². The predicted octanol–water partition coefficient (Wildman–Crippen LogP) is 11.9. The van der Waals surface area contributed by atoms with E-state index in [-0.39, 0.29) is 19.4 Å². The minimum Gasteiger partial charge on any atom is -0.479 e. The van der Waals surface area contributed by atoms with Crippen LogP contribution in [-0.4, -0.2) is 88.4 Å². The van der Waals surface area contributed by atoms with Crippen LogP contribution in [0.25, 0.3) is 0 Å². The van der Waals surface area contributed by atoms with Crippen LogP contribution in [0.15, 0.2) is 36.5 Å². The van der Waals surface area contributed by atoms with E-state index in [4.69, 9.17) is 18.9 Å². The molecule has 1 aliphatic rings. The Balaban J connectivity index is 2.27. The lowest BCUT2D eigenvalue weighted by Crippen LogP contribution is -2.60. The zero-order valence-corrected chi connectivity index (χ0v) is 39.8. The maximum Gasteiger partial charge on any atom is 0.335 e. The maximum absolute atomic E-state index is 12.8. The molecule has 0 spiro atoms. The number of aliphatic hydroxyl groups is 3. The molecule has 1 aliphatic heterocycles. The molecular weight excluding hydrogens is 801 g/mol. The summed E-state index contributed by atoms with van der Waals surface area (Å²) in [7, 11) is 0. The van der Waals surface area contributed by atoms with E-state index < -0.39 is 61.3 Å². The van der Waals surface area contributed by atoms with Gasteiger partial charge in [0.05, 0.1) is 6.61 Å². The van der Waals surface area contributed by atoms with Gasteiger partial charge in [-0.05, 0) is 70.6 Å². The lowest BCUT2D eigenvalue weighted by atomic mass is 9.99. The Morgan fingerprint density at radius 1 is 0.492 bits per heavy atom. The molecule has 11 heteroatoms. The first-order valence-corrected chi connectivity index (χ1v) is 25.5. The SMILES string of the molecule is CCCCCCC/C=C\C/C=C\CCCCCCCCCCCCCC(=O)OCC(COC1OC(C(=O)O)C(O)C(O)C1O)OC(=O)CCCCCCC/C=C\CCCCCCC. The lowest BCUT2D eigenvalue weighted by molar-refractivity contribution is -0.298. The van der Waals surface area contributed by atoms with Gasteiger partial charge in [-0.15, -0.1) is 0 Å². The van der Waals surface area contributed by atoms with Crippen LogP contribution >= 0.6 is 0 Å². The second kappa shape index (κ2) is 42.1. The smallest absolute Gasteiger partial charge is 0.335 e. The number of aliphatic hydroxyl groups excluding tert-OH is 3. The van der Waals surface area contributed by atoms with Crippen molar-refractivity contribution in [1.29, 1.82) is 0 Å². The van der Waals surface area contributed by atoms with Crippen LogP contribution in [0, 0.1) is 0 Å². The minimum atomic E-state index is -1.86. The summed E-state index contributed by atoms with van der Waals surface area (Å²) >= 11 is 0. The molecule has 1 saturated heterocycles. The Hall–Kier alpha value is -2.57. The highest BCUT2D eigenvalue weighted by Gasteiger charge is 2.47. The van der Waals surface area contributed by atoms with Crippen LogP contribution in [0.4, 0.5) is 0 Å². The zero-order chi connectivity index (χ0) is 46.0. The lowest BCUT2D eigenvalue weighted by Gasteiger charge is -2.38. The minimum absolute atomic E-state index is 0.173. The number of carboxylic acids is 1. The van der Waals surface area contributed by atoms with Crippen molar-refractivity contribution in [3.63, 3.8) is 0 Å². The molecule has 1 rings (SSSR count). The molecule has 0 aromatic heterocycles. The number of hydrogen-bond donors (Lipinski definition) is 4. The van der Waals surface area contributed by atoms with Gasteiger partial charge >= 0.3 is 17.9 Å². The summed E-state index contributed by atoms with van der Waals surface area (Å²) in [4.78, 5) is 36.9. The summed E-state index contributed by atoms with van der Waals surface area (Å²) in [6, 6.07) is 0. The standard InChI is InChI=1S/C52H92O11/c1-3-5-7-9-11-13-15-17-19-20-21-22-23-24-25-26-27-29-30-32-34-36-38-40-45(53)60-42-44(43-61-52-49(57)47(55)48(56)50(63-52)51(58)59)62-46(54)41-39-37-35-33-31-28-18-16-14-12-10-8-6-4-2/h15-18,20-21,44,47-50,52,55-57H,3-14,19,22-43H2,1-2H3,(H,58,59)/b17-15-,18-16-,21-20-. The summed E-state index contributed by atoms with van der Waals surface area (Å²) in [6.07, 6.45) is 40.5. The monoisotopic (exact) mass is 893 g/mol. The van der Waals surface area contributed by atoms with Gasteiger partial charge in [0, 0.05) is 12.8 Å². The molecule has 1 fully saturated rings. The number of aliphatic carboxylic acids is 1. The Morgan fingerprint density at radius 3 is 1.33 bits per heavy atom. The van der Waals surface area contributed by atoms with Gasteiger partial charge in [0.15, 0.2) is 18.5 Å². The molecule has 0 aromatic carbocycles. The average molecular weight is 893 g/mol. The van der Waals surface area contributed by atoms with E-state index in [1.165, 1.54) is 122 Å². The third-order valence-electron chi connectivity index (χ3n) is 11.7. The molecule has 6 unspecified atom stereocenters. The van der Waals surface area contributed by atoms with Gasteiger partial charge in [-0.1, -0.05) is 179 Å². The number of ether oxygens (including phenoxy) is 4. The number of esters is 2. The third kappa shape index (κ3) is 33.6. The summed E-state index contributed by atoms with van der Waals surface area (Å²) < 4.78 is 21.8. The molecule has 0 aromatic rings. The van der Waals surface area contributed by atoms with Crippen molar-refractivity contribution >= 4 is 17.9 Å². The van der Waals surface area contributed by atoms with Gasteiger partial charge in [0.2, 0.25) is 0 Å². The molecule has 1 heterocycles. The van der Waals surface area contributed by atoms with Gasteiger partial charge in [-0.2, -0.15) is 0 Å². The van der Waals surface area contributed by atoms with Crippen molar-refractivity contribution in [2.75, 3.05) is 13.2 Å². The summed E-state index contributed by atoms with van der Waals surface area (Å²) in [6.45, 7) is 3.80. The van der Waals surface area contributed by atoms with Crippen molar-refractivity contribution in [1.82, 2.24) is 0 Å². The summed E-state index contributed by atoms with van der Waals surface area (Å²) in [5.41, 5.74) is 0. The molecule has 6 atom stereocenters. The second-order valence-corrected chi connectivity index (χ2v) is 17.7. The van der Waals surface area contributed by atoms with E-state index in [1.54, 1.807) is 0 Å². The Bertz CT molecular complexity index is 1190. The molecule has 0 amide bonds. The van der Waals surface area contributed by atoms with Crippen LogP contribution in [0.5, 0.6) is 0 Å². The average Bonchev–Trinajstić information content (AvgIpc) is 3.27. The fourth-order valence-corrected chi connectivity index (χ4v) is 7.67. The van der Waals surface area contributed by atoms with Crippen molar-refractivity contribution in [2.24, 2.45) is 0 Å². The normalized spacial score (nSPS) is 19.7. The predicted molar refractivity (Wildman–Crippen MR) is 252 cm³/mol. The van der Waals surface area contributed by atoms with E-state index in [2.05, 4.69) is 50.3 Å². The van der Waals surface area contributed by atoms with Crippen molar-refractivity contribution < 1.29 is 53.8 Å². The molecule has 0 saturated carbocycles. The second-order valence-electron chi connectivity index (χ2n) is 17.7. The van der Waals surface area contributed by atoms with Crippen LogP contribution in [0.2, 0.25) is 0 Å². The van der Waals surface area contributed by atoms with Crippen LogP contribution in [-0.2, 0) is 33.3 Å². The molecule has 4 N–H and O–H groups in total. The third-order valence-corrected chi connectivity index (χ3v) is 11.7. The van der Waals surface area contributed by atoms with Gasteiger partial charge in [-0.3, -0.25) is 9.59 Å². The number of allylic oxidation sites excluding steroid dienone is 6. The van der Waals surface area contributed by atoms with Gasteiger partial charge in [-0.25, -0.2) is 4.79 Å². The number of rotatable bonds is 43. The quantitative estimate of drug-likeness (QED) is 0.0261. The fourth-order valence-electron chi connectivity index (χ4n) is 7.67. The first kappa shape index (κ1) is 58.4. The zero-order valence-electron chi connectivity index (χ0n) is 39.8. The Kier molecular flexibility index (Phi) is 39.0. The van der Waals surface area contributed by atoms with Crippen molar-refractivity contribution in [3.8, 4) is 0 Å². The van der Waals surface area contributed by atoms with Gasteiger partial charge < -0.3 is 39.4 Å². The molecule has 366 valence electrons. The van der Waals surface area contributed by atoms with Crippen molar-refractivity contribution in [2.45, 2.75) is 263 Å². The maximum atomic E-state index is 12.8. The van der Waals surface area contributed by atoms with E-state index in [0.29, 0.717) is 12.8 Å². The summed E-state index contributed by atoms with van der Waals surface area (Å²) in [5.74, 6) is -2.45. The van der Waals surface area contributed by atoms with Crippen LogP contribution in [0.1, 0.15) is 226 Å². The largest absolute Gasteiger partial charge is 0.479 e. The number of carbonyl (C=O) groups is 3. The first-order valence-electron chi connectivity index (χ1n) is 25.5. The fraction of sp³-hybridized carbons (Fsp3) is 0.827. The molecule has 63 heavy (non-hydrogen) atoms. The molecule has 0 radical (unpaired) electrons. The van der Waals surface area contributed by atoms with Crippen LogP contribution < -0.4 is 0 Å². The molecular formula is C52H92O11. The van der Waals surface area contributed by atoms with Gasteiger partial charge in [0.1, 0.15) is 24.9 Å². The number of carboxylic acid groups (broad SMARTS) is 1. The van der Waals surface area contributed by atoms with E-state index >= 15 is 0 Å². The molecule has 0 bridgehead atoms. The number of hydrogen-bond acceptors (Lipinski definition) is 10. The first-order chi connectivity index (χ1) is 30.7. The Morgan fingerprint density at radius 2 is 0.889 bits per heavy atom. The highest BCUT2D eigenvalue weighted by molar-refractivity contribution is 5.73. The number of unbranched alkanes of at least 4 members (excludes halogenated alkanes) is 26. The number of carbonyl (C=O) groups excluding carboxylic acids is 2. The highest BCUT2D eigenvalue weighted by atomic mass is 16.7. The van der Waals surface area contributed by atoms with Crippen LogP contribution in [0.3, 0.4) is 0 Å². The topological polar surface area (TPSA) is 169 Å². The summed E-state index contributed by atoms with van der Waals surface area (Å²) in [5, 5.41) is 39.9. The molecule has 11 nitrogen and oxygen atoms in total. The van der Waals surface area contributed by atoms with E-state index in [9.17, 15) is 34.8 Å². The van der Waals surface area contributed by atoms with Gasteiger partial charge in [0.25, 0.3) is 0 Å². The highest BCUT2D eigenvalue weighted by Crippen LogP contribution is 2.23. The van der Waals surface area contributed by atoms with E-state index in [0.717, 1.165) is 64.2 Å². The Labute approximate surface area is 382 Å². The van der Waals surface area contributed by atoms with Crippen molar-refractivity contribution in [3.05, 3.63) is 36.5 Å². The molecule has 0 aliphatic carbocycles.